The highest BCUT2D eigenvalue weighted by Gasteiger charge is 2.26. The van der Waals surface area contributed by atoms with Crippen LogP contribution in [0, 0.1) is 0 Å². The number of hydrogen-bond acceptors (Lipinski definition) is 7. The summed E-state index contributed by atoms with van der Waals surface area (Å²) >= 11 is 2.83. The first-order chi connectivity index (χ1) is 13.5. The maximum Gasteiger partial charge on any atom is 0.268 e. The van der Waals surface area contributed by atoms with Crippen LogP contribution in [0.2, 0.25) is 0 Å². The van der Waals surface area contributed by atoms with Crippen molar-refractivity contribution in [3.63, 3.8) is 0 Å². The Kier molecular flexibility index (Phi) is 7.03. The maximum absolute atomic E-state index is 12.9. The summed E-state index contributed by atoms with van der Waals surface area (Å²) in [6.45, 7) is 2.90. The minimum absolute atomic E-state index is 0.0490. The number of benzene rings is 1. The van der Waals surface area contributed by atoms with Gasteiger partial charge in [0.2, 0.25) is 5.91 Å². The lowest BCUT2D eigenvalue weighted by atomic mass is 10.2. The normalized spacial score (nSPS) is 15.3. The molecule has 7 nitrogen and oxygen atoms in total. The van der Waals surface area contributed by atoms with Crippen LogP contribution in [0.25, 0.3) is 0 Å². The molecule has 0 unspecified atom stereocenters. The van der Waals surface area contributed by atoms with Gasteiger partial charge in [-0.25, -0.2) is 4.98 Å². The summed E-state index contributed by atoms with van der Waals surface area (Å²) in [6.07, 6.45) is 0.768. The molecule has 0 saturated heterocycles. The van der Waals surface area contributed by atoms with Gasteiger partial charge in [0, 0.05) is 30.5 Å². The predicted octanol–water partition coefficient (Wildman–Crippen LogP) is 2.67. The van der Waals surface area contributed by atoms with Gasteiger partial charge in [0.25, 0.3) is 5.56 Å². The number of anilines is 1. The van der Waals surface area contributed by atoms with E-state index in [1.54, 1.807) is 42.7 Å². The van der Waals surface area contributed by atoms with Gasteiger partial charge in [0.05, 0.1) is 36.6 Å². The van der Waals surface area contributed by atoms with Crippen molar-refractivity contribution in [3.8, 4) is 5.75 Å². The van der Waals surface area contributed by atoms with Crippen molar-refractivity contribution in [1.82, 2.24) is 9.55 Å². The lowest BCUT2D eigenvalue weighted by molar-refractivity contribution is -0.113. The fourth-order valence-electron chi connectivity index (χ4n) is 2.85. The second kappa shape index (κ2) is 9.49. The van der Waals surface area contributed by atoms with Crippen LogP contribution in [-0.4, -0.2) is 47.3 Å². The van der Waals surface area contributed by atoms with Crippen LogP contribution in [0.15, 0.2) is 39.1 Å². The van der Waals surface area contributed by atoms with Crippen molar-refractivity contribution in [2.24, 2.45) is 0 Å². The number of thioether (sulfide) groups is 2. The van der Waals surface area contributed by atoms with Crippen LogP contribution in [0.1, 0.15) is 12.6 Å². The molecule has 9 heteroatoms. The van der Waals surface area contributed by atoms with E-state index >= 15 is 0 Å². The highest BCUT2D eigenvalue weighted by atomic mass is 32.2. The van der Waals surface area contributed by atoms with Gasteiger partial charge in [-0.05, 0) is 12.1 Å². The third kappa shape index (κ3) is 4.89. The number of methoxy groups -OCH3 is 2. The third-order valence-electron chi connectivity index (χ3n) is 4.17. The molecule has 0 aliphatic carbocycles. The average molecular weight is 422 g/mol. The monoisotopic (exact) mass is 421 g/mol. The topological polar surface area (TPSA) is 82.4 Å². The van der Waals surface area contributed by atoms with Crippen molar-refractivity contribution in [2.75, 3.05) is 31.9 Å². The number of hydrogen-bond donors (Lipinski definition) is 1. The quantitative estimate of drug-likeness (QED) is 0.518. The van der Waals surface area contributed by atoms with Crippen LogP contribution >= 0.6 is 23.5 Å². The summed E-state index contributed by atoms with van der Waals surface area (Å²) in [7, 11) is 3.17. The van der Waals surface area contributed by atoms with Gasteiger partial charge in [-0.3, -0.25) is 14.2 Å². The molecule has 0 saturated carbocycles. The molecule has 0 radical (unpaired) electrons. The van der Waals surface area contributed by atoms with E-state index in [0.29, 0.717) is 39.9 Å². The second-order valence-corrected chi connectivity index (χ2v) is 8.71. The van der Waals surface area contributed by atoms with Crippen molar-refractivity contribution >= 4 is 35.1 Å². The summed E-state index contributed by atoms with van der Waals surface area (Å²) in [5.74, 6) is 0.651. The zero-order valence-corrected chi connectivity index (χ0v) is 17.7. The molecule has 2 aromatic rings. The zero-order valence-electron chi connectivity index (χ0n) is 16.1. The zero-order chi connectivity index (χ0) is 20.1. The largest absolute Gasteiger partial charge is 0.497 e. The predicted molar refractivity (Wildman–Crippen MR) is 112 cm³/mol. The van der Waals surface area contributed by atoms with Crippen molar-refractivity contribution in [2.45, 2.75) is 35.2 Å². The van der Waals surface area contributed by atoms with E-state index in [4.69, 9.17) is 9.47 Å². The van der Waals surface area contributed by atoms with Crippen molar-refractivity contribution < 1.29 is 14.3 Å². The molecule has 1 aromatic carbocycles. The molecular formula is C19H23N3O4S2. The number of amides is 1. The summed E-state index contributed by atoms with van der Waals surface area (Å²) in [5.41, 5.74) is 1.44. The van der Waals surface area contributed by atoms with Crippen molar-refractivity contribution in [3.05, 3.63) is 40.3 Å². The van der Waals surface area contributed by atoms with Crippen molar-refractivity contribution in [1.29, 1.82) is 0 Å². The molecule has 1 aliphatic heterocycles. The molecule has 1 atom stereocenters. The Morgan fingerprint density at radius 2 is 2.25 bits per heavy atom. The van der Waals surface area contributed by atoms with E-state index in [0.717, 1.165) is 12.1 Å². The van der Waals surface area contributed by atoms with Gasteiger partial charge >= 0.3 is 0 Å². The molecule has 3 rings (SSSR count). The van der Waals surface area contributed by atoms with Crippen LogP contribution in [-0.2, 0) is 22.5 Å². The van der Waals surface area contributed by atoms with Gasteiger partial charge < -0.3 is 14.8 Å². The van der Waals surface area contributed by atoms with E-state index in [2.05, 4.69) is 17.2 Å². The van der Waals surface area contributed by atoms with Crippen LogP contribution in [0.4, 0.5) is 5.69 Å². The number of ether oxygens (including phenoxy) is 2. The Balaban J connectivity index is 1.74. The number of aromatic nitrogens is 2. The number of rotatable bonds is 8. The van der Waals surface area contributed by atoms with Crippen LogP contribution in [0.3, 0.4) is 0 Å². The van der Waals surface area contributed by atoms with Gasteiger partial charge in [-0.1, -0.05) is 24.8 Å². The highest BCUT2D eigenvalue weighted by Crippen LogP contribution is 2.34. The number of fused-ring (bicyclic) bond motifs is 1. The van der Waals surface area contributed by atoms with Crippen LogP contribution < -0.4 is 15.6 Å². The lowest BCUT2D eigenvalue weighted by Gasteiger charge is -2.13. The van der Waals surface area contributed by atoms with Gasteiger partial charge in [0.1, 0.15) is 5.75 Å². The molecule has 0 bridgehead atoms. The van der Waals surface area contributed by atoms with E-state index in [1.807, 2.05) is 12.1 Å². The molecule has 1 N–H and O–H groups in total. The molecule has 1 amide bonds. The Bertz CT molecular complexity index is 917. The molecule has 1 aromatic heterocycles. The van der Waals surface area contributed by atoms with Gasteiger partial charge in [0.15, 0.2) is 5.16 Å². The fraction of sp³-hybridized carbons (Fsp3) is 0.421. The molecule has 2 heterocycles. The Morgan fingerprint density at radius 3 is 3.00 bits per heavy atom. The first-order valence-corrected chi connectivity index (χ1v) is 10.7. The molecule has 0 fully saturated rings. The average Bonchev–Trinajstić information content (AvgIpc) is 3.06. The Hall–Kier alpha value is -1.97. The molecule has 28 heavy (non-hydrogen) atoms. The first kappa shape index (κ1) is 20.8. The van der Waals surface area contributed by atoms with E-state index < -0.39 is 0 Å². The summed E-state index contributed by atoms with van der Waals surface area (Å²) in [5, 5.41) is 3.73. The summed E-state index contributed by atoms with van der Waals surface area (Å²) in [6, 6.07) is 7.17. The molecule has 1 aliphatic rings. The smallest absolute Gasteiger partial charge is 0.268 e. The fourth-order valence-corrected chi connectivity index (χ4v) is 4.81. The van der Waals surface area contributed by atoms with Gasteiger partial charge in [-0.15, -0.1) is 11.8 Å². The van der Waals surface area contributed by atoms with E-state index in [1.165, 1.54) is 11.8 Å². The first-order valence-electron chi connectivity index (χ1n) is 8.87. The maximum atomic E-state index is 12.9. The third-order valence-corrected chi connectivity index (χ3v) is 6.36. The van der Waals surface area contributed by atoms with Crippen LogP contribution in [0.5, 0.6) is 5.75 Å². The standard InChI is InChI=1S/C19H23N3O4S2/c1-12-9-15-17(28-12)18(24)22(7-8-25-2)19(21-15)27-11-16(23)20-13-5-4-6-14(10-13)26-3/h4-6,10,12H,7-9,11H2,1-3H3,(H,20,23)/t12-/m0/s1. The SMILES string of the molecule is COCCn1c(SCC(=O)Nc2cccc(OC)c2)nc2c(c1=O)S[C@@H](C)C2. The minimum atomic E-state index is -0.172. The number of carbonyl (C=O) groups excluding carboxylic acids is 1. The van der Waals surface area contributed by atoms with Gasteiger partial charge in [-0.2, -0.15) is 0 Å². The molecule has 150 valence electrons. The second-order valence-electron chi connectivity index (χ2n) is 6.32. The Labute approximate surface area is 172 Å². The lowest BCUT2D eigenvalue weighted by Crippen LogP contribution is -2.27. The molecule has 0 spiro atoms. The summed E-state index contributed by atoms with van der Waals surface area (Å²) < 4.78 is 11.9. The van der Waals surface area contributed by atoms with E-state index in [9.17, 15) is 9.59 Å². The summed E-state index contributed by atoms with van der Waals surface area (Å²) in [4.78, 5) is 30.6. The minimum Gasteiger partial charge on any atom is -0.497 e. The molecular weight excluding hydrogens is 398 g/mol. The highest BCUT2D eigenvalue weighted by molar-refractivity contribution is 8.00. The Morgan fingerprint density at radius 1 is 1.43 bits per heavy atom. The number of nitrogens with zero attached hydrogens (tertiary/aromatic N) is 2. The van der Waals surface area contributed by atoms with E-state index in [-0.39, 0.29) is 17.2 Å². The number of carbonyl (C=O) groups is 1. The number of nitrogens with one attached hydrogen (secondary N) is 1.